The van der Waals surface area contributed by atoms with Gasteiger partial charge < -0.3 is 24.5 Å². The number of rotatable bonds is 14. The van der Waals surface area contributed by atoms with Crippen LogP contribution in [-0.4, -0.2) is 88.0 Å². The molecule has 1 spiro atoms. The van der Waals surface area contributed by atoms with Gasteiger partial charge in [0.1, 0.15) is 11.6 Å². The van der Waals surface area contributed by atoms with Crippen molar-refractivity contribution in [2.75, 3.05) is 37.7 Å². The normalized spacial score (nSPS) is 28.1. The maximum Gasteiger partial charge on any atom is 0.253 e. The molecule has 9 heteroatoms. The van der Waals surface area contributed by atoms with Crippen LogP contribution in [0.3, 0.4) is 0 Å². The summed E-state index contributed by atoms with van der Waals surface area (Å²) in [5.41, 5.74) is 1.60. The highest BCUT2D eigenvalue weighted by Gasteiger charge is 2.76. The number of carbonyl (C=O) groups is 3. The Morgan fingerprint density at radius 1 is 1.15 bits per heavy atom. The molecule has 1 N–H and O–H groups in total. The number of likely N-dealkylation sites (tertiary alicyclic amines) is 1. The number of aliphatic hydroxyl groups excluding tert-OH is 1. The van der Waals surface area contributed by atoms with Crippen molar-refractivity contribution in [1.29, 1.82) is 0 Å². The van der Waals surface area contributed by atoms with Gasteiger partial charge in [0.25, 0.3) is 5.91 Å². The first-order chi connectivity index (χ1) is 19.7. The number of halogens is 1. The first-order valence-electron chi connectivity index (χ1n) is 14.8. The van der Waals surface area contributed by atoms with Gasteiger partial charge in [-0.2, -0.15) is 0 Å². The van der Waals surface area contributed by atoms with Crippen LogP contribution in [0.5, 0.6) is 0 Å². The van der Waals surface area contributed by atoms with Crippen LogP contribution in [0.15, 0.2) is 43.5 Å². The van der Waals surface area contributed by atoms with Crippen LogP contribution in [0.25, 0.3) is 0 Å². The molecule has 3 saturated heterocycles. The summed E-state index contributed by atoms with van der Waals surface area (Å²) in [6.07, 6.45) is 6.14. The number of nitrogens with zero attached hydrogens (tertiary/aromatic N) is 3. The molecule has 1 aromatic rings. The van der Waals surface area contributed by atoms with E-state index < -0.39 is 29.6 Å². The lowest BCUT2D eigenvalue weighted by atomic mass is 9.70. The van der Waals surface area contributed by atoms with E-state index in [0.29, 0.717) is 38.9 Å². The van der Waals surface area contributed by atoms with Gasteiger partial charge >= 0.3 is 0 Å². The molecule has 3 heterocycles. The predicted molar refractivity (Wildman–Crippen MR) is 164 cm³/mol. The van der Waals surface area contributed by atoms with Gasteiger partial charge in [0.05, 0.1) is 17.9 Å². The number of benzene rings is 1. The van der Waals surface area contributed by atoms with Gasteiger partial charge in [0.15, 0.2) is 0 Å². The van der Waals surface area contributed by atoms with Crippen molar-refractivity contribution in [3.05, 3.63) is 54.6 Å². The molecular formula is C32H44BrN3O5. The highest BCUT2D eigenvalue weighted by atomic mass is 79.9. The largest absolute Gasteiger partial charge is 0.396 e. The van der Waals surface area contributed by atoms with Crippen molar-refractivity contribution in [2.45, 2.75) is 75.4 Å². The molecule has 4 rings (SSSR count). The molecule has 0 radical (unpaired) electrons. The molecule has 3 amide bonds. The van der Waals surface area contributed by atoms with E-state index in [4.69, 9.17) is 4.74 Å². The molecule has 1 aromatic carbocycles. The Morgan fingerprint density at radius 2 is 1.83 bits per heavy atom. The van der Waals surface area contributed by atoms with Crippen molar-refractivity contribution in [1.82, 2.24) is 9.80 Å². The minimum atomic E-state index is -1.12. The van der Waals surface area contributed by atoms with E-state index in [1.54, 1.807) is 26.9 Å². The lowest BCUT2D eigenvalue weighted by molar-refractivity contribution is -0.145. The molecule has 6 atom stereocenters. The van der Waals surface area contributed by atoms with E-state index in [1.807, 2.05) is 39.0 Å². The van der Waals surface area contributed by atoms with Gasteiger partial charge in [-0.25, -0.2) is 0 Å². The number of hydrogen-bond donors (Lipinski definition) is 1. The Hall–Kier alpha value is -2.49. The van der Waals surface area contributed by atoms with Crippen LogP contribution in [-0.2, 0) is 19.1 Å². The predicted octanol–water partition coefficient (Wildman–Crippen LogP) is 4.16. The first kappa shape index (κ1) is 31.4. The standard InChI is InChI=1S/C32H44BrN3O5/c1-6-15-34(16-7-2)29(38)24-25-30(39)36(18-10-9-11-19-37)28(32(25)20-23(33)27(24)41-32)31(40)35(17-8-3)26-21(4)13-12-14-22(26)5/h6,8,12-14,23-25,27-28,37H,1,3,7,9-11,15-20H2,2,4-5H3/t23?,24-,25-,27-,28?,32?/m0/s1. The van der Waals surface area contributed by atoms with Crippen LogP contribution >= 0.6 is 15.9 Å². The van der Waals surface area contributed by atoms with Gasteiger partial charge in [-0.15, -0.1) is 13.2 Å². The molecule has 224 valence electrons. The molecule has 3 aliphatic heterocycles. The lowest BCUT2D eigenvalue weighted by Crippen LogP contribution is -2.57. The van der Waals surface area contributed by atoms with Crippen molar-refractivity contribution >= 4 is 39.3 Å². The number of amides is 3. The summed E-state index contributed by atoms with van der Waals surface area (Å²) in [6, 6.07) is 5.03. The highest BCUT2D eigenvalue weighted by Crippen LogP contribution is 2.60. The molecule has 3 aliphatic rings. The van der Waals surface area contributed by atoms with Crippen LogP contribution in [0, 0.1) is 25.7 Å². The van der Waals surface area contributed by atoms with E-state index in [2.05, 4.69) is 29.1 Å². The third-order valence-electron chi connectivity index (χ3n) is 8.81. The number of anilines is 1. The van der Waals surface area contributed by atoms with Gasteiger partial charge in [0, 0.05) is 43.3 Å². The molecular weight excluding hydrogens is 586 g/mol. The number of fused-ring (bicyclic) bond motifs is 1. The molecule has 2 bridgehead atoms. The first-order valence-corrected chi connectivity index (χ1v) is 15.7. The summed E-state index contributed by atoms with van der Waals surface area (Å²) in [6.45, 7) is 15.4. The Balaban J connectivity index is 1.80. The van der Waals surface area contributed by atoms with Gasteiger partial charge in [-0.05, 0) is 57.1 Å². The van der Waals surface area contributed by atoms with Gasteiger partial charge in [-0.1, -0.05) is 53.2 Å². The zero-order chi connectivity index (χ0) is 29.9. The Bertz CT molecular complexity index is 1150. The molecule has 41 heavy (non-hydrogen) atoms. The number of carbonyl (C=O) groups excluding carboxylic acids is 3. The van der Waals surface area contributed by atoms with Crippen LogP contribution in [0.4, 0.5) is 5.69 Å². The number of unbranched alkanes of at least 4 members (excludes halogenated alkanes) is 2. The van der Waals surface area contributed by atoms with Crippen molar-refractivity contribution in [3.63, 3.8) is 0 Å². The van der Waals surface area contributed by atoms with Crippen molar-refractivity contribution in [3.8, 4) is 0 Å². The van der Waals surface area contributed by atoms with Crippen molar-refractivity contribution in [2.24, 2.45) is 11.8 Å². The fourth-order valence-corrected chi connectivity index (χ4v) is 8.17. The Morgan fingerprint density at radius 3 is 2.44 bits per heavy atom. The van der Waals surface area contributed by atoms with E-state index in [9.17, 15) is 19.5 Å². The van der Waals surface area contributed by atoms with E-state index >= 15 is 0 Å². The number of ether oxygens (including phenoxy) is 1. The fourth-order valence-electron chi connectivity index (χ4n) is 7.23. The maximum atomic E-state index is 14.8. The molecule has 0 saturated carbocycles. The molecule has 3 unspecified atom stereocenters. The second-order valence-electron chi connectivity index (χ2n) is 11.5. The summed E-state index contributed by atoms with van der Waals surface area (Å²) in [5, 5.41) is 9.32. The minimum absolute atomic E-state index is 0.0751. The number of hydrogen-bond acceptors (Lipinski definition) is 5. The summed E-state index contributed by atoms with van der Waals surface area (Å²) in [5.74, 6) is -1.95. The quantitative estimate of drug-likeness (QED) is 0.190. The van der Waals surface area contributed by atoms with Crippen LogP contribution in [0.2, 0.25) is 0 Å². The van der Waals surface area contributed by atoms with Crippen molar-refractivity contribution < 1.29 is 24.2 Å². The number of aryl methyl sites for hydroxylation is 2. The summed E-state index contributed by atoms with van der Waals surface area (Å²) >= 11 is 3.77. The zero-order valence-electron chi connectivity index (χ0n) is 24.6. The number of para-hydroxylation sites is 1. The third kappa shape index (κ3) is 5.53. The van der Waals surface area contributed by atoms with E-state index in [0.717, 1.165) is 29.7 Å². The summed E-state index contributed by atoms with van der Waals surface area (Å²) in [4.78, 5) is 48.2. The smallest absolute Gasteiger partial charge is 0.253 e. The summed E-state index contributed by atoms with van der Waals surface area (Å²) < 4.78 is 6.73. The average Bonchev–Trinajstić information content (AvgIpc) is 3.53. The monoisotopic (exact) mass is 629 g/mol. The fraction of sp³-hybridized carbons (Fsp3) is 0.594. The molecule has 0 aliphatic carbocycles. The molecule has 3 fully saturated rings. The van der Waals surface area contributed by atoms with Gasteiger partial charge in [-0.3, -0.25) is 14.4 Å². The lowest BCUT2D eigenvalue weighted by Gasteiger charge is -2.38. The zero-order valence-corrected chi connectivity index (χ0v) is 26.1. The number of aliphatic hydroxyl groups is 1. The highest BCUT2D eigenvalue weighted by molar-refractivity contribution is 9.09. The average molecular weight is 631 g/mol. The van der Waals surface area contributed by atoms with E-state index in [-0.39, 0.29) is 35.7 Å². The Kier molecular flexibility index (Phi) is 10.1. The van der Waals surface area contributed by atoms with E-state index in [1.165, 1.54) is 0 Å². The second-order valence-corrected chi connectivity index (χ2v) is 12.7. The van der Waals surface area contributed by atoms with Gasteiger partial charge in [0.2, 0.25) is 11.8 Å². The summed E-state index contributed by atoms with van der Waals surface area (Å²) in [7, 11) is 0. The Labute approximate surface area is 252 Å². The topological polar surface area (TPSA) is 90.4 Å². The number of alkyl halides is 1. The second kappa shape index (κ2) is 13.2. The maximum absolute atomic E-state index is 14.8. The third-order valence-corrected chi connectivity index (χ3v) is 9.65. The van der Waals surface area contributed by atoms with Crippen LogP contribution < -0.4 is 4.90 Å². The SMILES string of the molecule is C=CCN(CCC)C(=O)[C@H]1[C@H]2C(=O)N(CCCCCO)C(C(=O)N(CC=C)c3c(C)cccc3C)C23CC(Br)[C@@H]1O3. The minimum Gasteiger partial charge on any atom is -0.396 e. The van der Waals surface area contributed by atoms with Crippen LogP contribution in [0.1, 0.15) is 50.2 Å². The molecule has 8 nitrogen and oxygen atoms in total. The molecule has 0 aromatic heterocycles.